The summed E-state index contributed by atoms with van der Waals surface area (Å²) < 4.78 is 25.2. The van der Waals surface area contributed by atoms with E-state index in [0.717, 1.165) is 11.8 Å². The van der Waals surface area contributed by atoms with E-state index in [1.165, 1.54) is 12.1 Å². The molecule has 4 atom stereocenters. The maximum Gasteiger partial charge on any atom is 0.230 e. The van der Waals surface area contributed by atoms with Gasteiger partial charge in [-0.05, 0) is 18.2 Å². The van der Waals surface area contributed by atoms with E-state index < -0.39 is 5.97 Å². The van der Waals surface area contributed by atoms with Crippen molar-refractivity contribution in [2.24, 2.45) is 0 Å². The predicted molar refractivity (Wildman–Crippen MR) is 109 cm³/mol. The third-order valence-electron chi connectivity index (χ3n) is 4.94. The number of aliphatic carboxylic acids is 1. The quantitative estimate of drug-likeness (QED) is 0.567. The molecule has 1 aromatic heterocycles. The van der Waals surface area contributed by atoms with E-state index in [4.69, 9.17) is 9.47 Å². The third kappa shape index (κ3) is 5.30. The zero-order chi connectivity index (χ0) is 21.8. The minimum absolute atomic E-state index is 0.0181. The average Bonchev–Trinajstić information content (AvgIpc) is 3.31. The number of aromatic nitrogens is 2. The number of benzene rings is 1. The van der Waals surface area contributed by atoms with Crippen LogP contribution in [0.2, 0.25) is 0 Å². The van der Waals surface area contributed by atoms with Crippen molar-refractivity contribution in [3.8, 4) is 11.3 Å². The highest BCUT2D eigenvalue weighted by atomic mass is 32.2. The van der Waals surface area contributed by atoms with Gasteiger partial charge in [0.25, 0.3) is 0 Å². The van der Waals surface area contributed by atoms with Crippen molar-refractivity contribution in [1.82, 2.24) is 15.3 Å². The Labute approximate surface area is 181 Å². The lowest BCUT2D eigenvalue weighted by Gasteiger charge is -2.18. The van der Waals surface area contributed by atoms with Gasteiger partial charge in [0.05, 0.1) is 42.7 Å². The fraction of sp³-hybridized carbons (Fsp3) is 0.400. The van der Waals surface area contributed by atoms with Gasteiger partial charge in [-0.15, -0.1) is 11.8 Å². The molecule has 0 bridgehead atoms. The maximum absolute atomic E-state index is 13.5. The van der Waals surface area contributed by atoms with Crippen LogP contribution in [-0.2, 0) is 19.1 Å². The number of carbonyl (C=O) groups excluding carboxylic acids is 2. The number of rotatable bonds is 8. The van der Waals surface area contributed by atoms with E-state index in [2.05, 4.69) is 20.6 Å². The normalized spacial score (nSPS) is 24.5. The lowest BCUT2D eigenvalue weighted by atomic mass is 10.1. The Morgan fingerprint density at radius 3 is 2.71 bits per heavy atom. The molecule has 0 unspecified atom stereocenters. The first-order valence-electron chi connectivity index (χ1n) is 9.65. The SMILES string of the molecule is O=C([O-])CSCC(=O)N[C@H]1CO[C@H]2[C@@H]1OC[C@@H]2Nc1nccc(-c2cccc(F)c2)n1. The predicted octanol–water partition coefficient (Wildman–Crippen LogP) is -0.171. The van der Waals surface area contributed by atoms with Crippen LogP contribution in [0.1, 0.15) is 0 Å². The molecule has 31 heavy (non-hydrogen) atoms. The molecule has 9 nitrogen and oxygen atoms in total. The number of hydrogen-bond donors (Lipinski definition) is 2. The summed E-state index contributed by atoms with van der Waals surface area (Å²) in [5.74, 6) is -1.69. The minimum atomic E-state index is -1.21. The molecular weight excluding hydrogens is 427 g/mol. The summed E-state index contributed by atoms with van der Waals surface area (Å²) >= 11 is 0.973. The van der Waals surface area contributed by atoms with E-state index in [1.807, 2.05) is 0 Å². The van der Waals surface area contributed by atoms with Gasteiger partial charge in [-0.3, -0.25) is 4.79 Å². The van der Waals surface area contributed by atoms with Crippen LogP contribution in [-0.4, -0.2) is 70.9 Å². The van der Waals surface area contributed by atoms with Crippen molar-refractivity contribution in [2.75, 3.05) is 30.0 Å². The summed E-state index contributed by atoms with van der Waals surface area (Å²) in [4.78, 5) is 31.1. The van der Waals surface area contributed by atoms with Crippen molar-refractivity contribution in [2.45, 2.75) is 24.3 Å². The number of halogens is 1. The van der Waals surface area contributed by atoms with Gasteiger partial charge in [-0.25, -0.2) is 14.4 Å². The van der Waals surface area contributed by atoms with Gasteiger partial charge in [-0.2, -0.15) is 0 Å². The Bertz CT molecular complexity index is 965. The molecule has 2 aliphatic rings. The molecular formula is C20H20FN4O5S-. The average molecular weight is 447 g/mol. The molecule has 1 aromatic carbocycles. The first kappa shape index (κ1) is 21.5. The van der Waals surface area contributed by atoms with Crippen molar-refractivity contribution < 1.29 is 28.6 Å². The third-order valence-corrected chi connectivity index (χ3v) is 5.85. The van der Waals surface area contributed by atoms with E-state index in [9.17, 15) is 19.1 Å². The maximum atomic E-state index is 13.5. The number of carboxylic acids is 1. The summed E-state index contributed by atoms with van der Waals surface area (Å²) in [7, 11) is 0. The van der Waals surface area contributed by atoms with Crippen LogP contribution >= 0.6 is 11.8 Å². The topological polar surface area (TPSA) is 126 Å². The van der Waals surface area contributed by atoms with Crippen LogP contribution in [0.3, 0.4) is 0 Å². The Kier molecular flexibility index (Phi) is 6.64. The van der Waals surface area contributed by atoms with Crippen LogP contribution in [0.25, 0.3) is 11.3 Å². The lowest BCUT2D eigenvalue weighted by Crippen LogP contribution is -2.45. The largest absolute Gasteiger partial charge is 0.549 e. The molecule has 164 valence electrons. The second-order valence-corrected chi connectivity index (χ2v) is 8.15. The monoisotopic (exact) mass is 447 g/mol. The Morgan fingerprint density at radius 1 is 1.16 bits per heavy atom. The van der Waals surface area contributed by atoms with Crippen molar-refractivity contribution in [1.29, 1.82) is 0 Å². The van der Waals surface area contributed by atoms with Gasteiger partial charge in [0.15, 0.2) is 0 Å². The molecule has 0 aliphatic carbocycles. The van der Waals surface area contributed by atoms with E-state index in [1.54, 1.807) is 24.4 Å². The van der Waals surface area contributed by atoms with Gasteiger partial charge < -0.3 is 30.0 Å². The first-order chi connectivity index (χ1) is 15.0. The van der Waals surface area contributed by atoms with Gasteiger partial charge in [0.1, 0.15) is 18.0 Å². The number of anilines is 1. The van der Waals surface area contributed by atoms with Crippen LogP contribution in [0.5, 0.6) is 0 Å². The molecule has 2 N–H and O–H groups in total. The lowest BCUT2D eigenvalue weighted by molar-refractivity contribution is -0.301. The second kappa shape index (κ2) is 9.58. The van der Waals surface area contributed by atoms with E-state index in [-0.39, 0.29) is 54.1 Å². The van der Waals surface area contributed by atoms with Gasteiger partial charge in [0, 0.05) is 17.5 Å². The number of thioether (sulfide) groups is 1. The van der Waals surface area contributed by atoms with Crippen LogP contribution < -0.4 is 15.7 Å². The minimum Gasteiger partial charge on any atom is -0.549 e. The molecule has 2 aliphatic heterocycles. The standard InChI is InChI=1S/C20H21FN4O5S/c21-12-3-1-2-11(6-12)13-4-5-22-20(24-13)25-15-8-30-18-14(7-29-19(15)18)23-16(26)9-31-10-17(27)28/h1-6,14-15,18-19H,7-10H2,(H,23,26)(H,27,28)(H,22,24,25)/p-1/t14-,15-,18+,19+/m0/s1. The van der Waals surface area contributed by atoms with Crippen LogP contribution in [0.15, 0.2) is 36.5 Å². The summed E-state index contributed by atoms with van der Waals surface area (Å²) in [5, 5.41) is 16.5. The molecule has 1 amide bonds. The van der Waals surface area contributed by atoms with Crippen molar-refractivity contribution >= 4 is 29.6 Å². The van der Waals surface area contributed by atoms with E-state index >= 15 is 0 Å². The number of carboxylic acid groups (broad SMARTS) is 1. The summed E-state index contributed by atoms with van der Waals surface area (Å²) in [6, 6.07) is 7.31. The summed E-state index contributed by atoms with van der Waals surface area (Å²) in [6.07, 6.45) is 0.952. The Balaban J connectivity index is 1.34. The molecule has 2 fully saturated rings. The van der Waals surface area contributed by atoms with E-state index in [0.29, 0.717) is 23.8 Å². The zero-order valence-electron chi connectivity index (χ0n) is 16.3. The molecule has 2 saturated heterocycles. The second-order valence-electron chi connectivity index (χ2n) is 7.16. The van der Waals surface area contributed by atoms with Crippen molar-refractivity contribution in [3.63, 3.8) is 0 Å². The van der Waals surface area contributed by atoms with Gasteiger partial charge in [0.2, 0.25) is 11.9 Å². The molecule has 11 heteroatoms. The number of fused-ring (bicyclic) bond motifs is 1. The highest BCUT2D eigenvalue weighted by molar-refractivity contribution is 8.00. The zero-order valence-corrected chi connectivity index (χ0v) is 17.1. The molecule has 0 radical (unpaired) electrons. The molecule has 0 spiro atoms. The number of nitrogens with zero attached hydrogens (tertiary/aromatic N) is 2. The highest BCUT2D eigenvalue weighted by Crippen LogP contribution is 2.29. The number of hydrogen-bond acceptors (Lipinski definition) is 9. The molecule has 3 heterocycles. The molecule has 4 rings (SSSR count). The number of ether oxygens (including phenoxy) is 2. The number of amides is 1. The van der Waals surface area contributed by atoms with Crippen molar-refractivity contribution in [3.05, 3.63) is 42.3 Å². The number of nitrogens with one attached hydrogen (secondary N) is 2. The number of carbonyl (C=O) groups is 2. The van der Waals surface area contributed by atoms with Crippen LogP contribution in [0, 0.1) is 5.82 Å². The smallest absolute Gasteiger partial charge is 0.230 e. The first-order valence-corrected chi connectivity index (χ1v) is 10.8. The van der Waals surface area contributed by atoms with Gasteiger partial charge >= 0.3 is 0 Å². The molecule has 2 aromatic rings. The molecule has 0 saturated carbocycles. The summed E-state index contributed by atoms with van der Waals surface area (Å²) in [5.41, 5.74) is 1.22. The Morgan fingerprint density at radius 2 is 1.94 bits per heavy atom. The summed E-state index contributed by atoms with van der Waals surface area (Å²) in [6.45, 7) is 0.628. The van der Waals surface area contributed by atoms with Crippen LogP contribution in [0.4, 0.5) is 10.3 Å². The van der Waals surface area contributed by atoms with Gasteiger partial charge in [-0.1, -0.05) is 12.1 Å². The fourth-order valence-electron chi connectivity index (χ4n) is 3.62. The fourth-order valence-corrected chi connectivity index (χ4v) is 4.16. The highest BCUT2D eigenvalue weighted by Gasteiger charge is 2.48. The Hall–Kier alpha value is -2.76.